The Bertz CT molecular complexity index is 1140. The van der Waals surface area contributed by atoms with Crippen molar-refractivity contribution in [3.63, 3.8) is 0 Å². The maximum absolute atomic E-state index is 13.0. The first kappa shape index (κ1) is 20.1. The van der Waals surface area contributed by atoms with Gasteiger partial charge in [-0.3, -0.25) is 9.52 Å². The highest BCUT2D eigenvalue weighted by atomic mass is 35.5. The van der Waals surface area contributed by atoms with Crippen LogP contribution in [0.2, 0.25) is 10.0 Å². The van der Waals surface area contributed by atoms with Crippen LogP contribution in [0.4, 0.5) is 15.8 Å². The van der Waals surface area contributed by atoms with Gasteiger partial charge in [-0.15, -0.1) is 0 Å². The Morgan fingerprint density at radius 1 is 0.929 bits per heavy atom. The summed E-state index contributed by atoms with van der Waals surface area (Å²) in [6.45, 7) is 0. The van der Waals surface area contributed by atoms with Crippen molar-refractivity contribution in [2.45, 2.75) is 4.90 Å². The zero-order valence-corrected chi connectivity index (χ0v) is 16.4. The number of sulfonamides is 1. The monoisotopic (exact) mass is 438 g/mol. The third kappa shape index (κ3) is 4.81. The lowest BCUT2D eigenvalue weighted by atomic mass is 10.2. The summed E-state index contributed by atoms with van der Waals surface area (Å²) in [6.07, 6.45) is 0. The predicted octanol–water partition coefficient (Wildman–Crippen LogP) is 5.19. The summed E-state index contributed by atoms with van der Waals surface area (Å²) in [4.78, 5) is 12.4. The first-order chi connectivity index (χ1) is 13.2. The number of rotatable bonds is 5. The molecule has 0 bridgehead atoms. The van der Waals surface area contributed by atoms with Crippen molar-refractivity contribution < 1.29 is 17.6 Å². The van der Waals surface area contributed by atoms with Crippen molar-refractivity contribution >= 4 is 50.5 Å². The van der Waals surface area contributed by atoms with Crippen molar-refractivity contribution in [2.75, 3.05) is 10.0 Å². The highest BCUT2D eigenvalue weighted by Crippen LogP contribution is 2.26. The molecule has 0 saturated heterocycles. The summed E-state index contributed by atoms with van der Waals surface area (Å²) in [5.74, 6) is -1.04. The second-order valence-electron chi connectivity index (χ2n) is 5.72. The fourth-order valence-corrected chi connectivity index (χ4v) is 3.77. The minimum Gasteiger partial charge on any atom is -0.321 e. The van der Waals surface area contributed by atoms with Gasteiger partial charge in [0.05, 0.1) is 15.6 Å². The zero-order chi connectivity index (χ0) is 20.3. The van der Waals surface area contributed by atoms with Crippen molar-refractivity contribution in [3.8, 4) is 0 Å². The third-order valence-corrected chi connectivity index (χ3v) is 5.62. The Labute approximate surface area is 171 Å². The SMILES string of the molecule is O=C(Nc1cc(Cl)ccc1Cl)c1cccc(S(=O)(=O)Nc2ccc(F)cc2)c1. The molecule has 0 atom stereocenters. The molecule has 0 unspecified atom stereocenters. The van der Waals surface area contributed by atoms with Gasteiger partial charge in [0.2, 0.25) is 0 Å². The molecule has 0 radical (unpaired) electrons. The topological polar surface area (TPSA) is 75.3 Å². The molecule has 5 nitrogen and oxygen atoms in total. The summed E-state index contributed by atoms with van der Waals surface area (Å²) >= 11 is 11.9. The van der Waals surface area contributed by atoms with Gasteiger partial charge >= 0.3 is 0 Å². The molecule has 0 spiro atoms. The second kappa shape index (κ2) is 8.18. The summed E-state index contributed by atoms with van der Waals surface area (Å²) in [5.41, 5.74) is 0.608. The molecule has 9 heteroatoms. The van der Waals surface area contributed by atoms with Gasteiger partial charge in [0, 0.05) is 16.3 Å². The third-order valence-electron chi connectivity index (χ3n) is 3.68. The average molecular weight is 439 g/mol. The Balaban J connectivity index is 1.83. The number of anilines is 2. The lowest BCUT2D eigenvalue weighted by molar-refractivity contribution is 0.102. The molecule has 0 aliphatic heterocycles. The number of carbonyl (C=O) groups is 1. The number of hydrogen-bond acceptors (Lipinski definition) is 3. The van der Waals surface area contributed by atoms with Gasteiger partial charge in [-0.25, -0.2) is 12.8 Å². The van der Waals surface area contributed by atoms with Gasteiger partial charge in [0.15, 0.2) is 0 Å². The van der Waals surface area contributed by atoms with Crippen LogP contribution >= 0.6 is 23.2 Å². The maximum atomic E-state index is 13.0. The minimum atomic E-state index is -3.97. The Morgan fingerprint density at radius 2 is 1.64 bits per heavy atom. The standard InChI is InChI=1S/C19H13Cl2FN2O3S/c20-13-4-9-17(21)18(11-13)23-19(25)12-2-1-3-16(10-12)28(26,27)24-15-7-5-14(22)6-8-15/h1-11,24H,(H,23,25). The Kier molecular flexibility index (Phi) is 5.88. The molecule has 0 saturated carbocycles. The molecule has 28 heavy (non-hydrogen) atoms. The number of nitrogens with one attached hydrogen (secondary N) is 2. The van der Waals surface area contributed by atoms with Crippen LogP contribution in [0.25, 0.3) is 0 Å². The van der Waals surface area contributed by atoms with Gasteiger partial charge in [0.25, 0.3) is 15.9 Å². The van der Waals surface area contributed by atoms with E-state index in [-0.39, 0.29) is 16.1 Å². The number of amides is 1. The molecule has 3 aromatic carbocycles. The molecule has 144 valence electrons. The van der Waals surface area contributed by atoms with Gasteiger partial charge in [-0.1, -0.05) is 29.3 Å². The molecular weight excluding hydrogens is 426 g/mol. The van der Waals surface area contributed by atoms with Crippen molar-refractivity contribution in [1.29, 1.82) is 0 Å². The summed E-state index contributed by atoms with van der Waals surface area (Å²) in [7, 11) is -3.97. The number of carbonyl (C=O) groups excluding carboxylic acids is 1. The van der Waals surface area contributed by atoms with E-state index in [1.54, 1.807) is 6.07 Å². The molecule has 3 aromatic rings. The predicted molar refractivity (Wildman–Crippen MR) is 108 cm³/mol. The zero-order valence-electron chi connectivity index (χ0n) is 14.1. The van der Waals surface area contributed by atoms with Gasteiger partial charge in [0.1, 0.15) is 5.82 Å². The van der Waals surface area contributed by atoms with E-state index in [9.17, 15) is 17.6 Å². The Morgan fingerprint density at radius 3 is 2.36 bits per heavy atom. The smallest absolute Gasteiger partial charge is 0.261 e. The van der Waals surface area contributed by atoms with Crippen LogP contribution in [0.5, 0.6) is 0 Å². The van der Waals surface area contributed by atoms with Crippen molar-refractivity contribution in [2.24, 2.45) is 0 Å². The summed E-state index contributed by atoms with van der Waals surface area (Å²) in [5, 5.41) is 3.27. The highest BCUT2D eigenvalue weighted by Gasteiger charge is 2.17. The maximum Gasteiger partial charge on any atom is 0.261 e. The van der Waals surface area contributed by atoms with Crippen LogP contribution in [0.3, 0.4) is 0 Å². The van der Waals surface area contributed by atoms with E-state index in [4.69, 9.17) is 23.2 Å². The van der Waals surface area contributed by atoms with Crippen LogP contribution in [-0.2, 0) is 10.0 Å². The van der Waals surface area contributed by atoms with E-state index >= 15 is 0 Å². The van der Waals surface area contributed by atoms with E-state index in [1.165, 1.54) is 48.5 Å². The molecular formula is C19H13Cl2FN2O3S. The minimum absolute atomic E-state index is 0.109. The molecule has 0 aromatic heterocycles. The van der Waals surface area contributed by atoms with Crippen molar-refractivity contribution in [1.82, 2.24) is 0 Å². The largest absolute Gasteiger partial charge is 0.321 e. The Hall–Kier alpha value is -2.61. The first-order valence-electron chi connectivity index (χ1n) is 7.89. The molecule has 0 heterocycles. The van der Waals surface area contributed by atoms with Gasteiger partial charge in [-0.2, -0.15) is 0 Å². The van der Waals surface area contributed by atoms with E-state index in [2.05, 4.69) is 10.0 Å². The molecule has 0 fully saturated rings. The van der Waals surface area contributed by atoms with Crippen LogP contribution in [-0.4, -0.2) is 14.3 Å². The summed E-state index contributed by atoms with van der Waals surface area (Å²) < 4.78 is 40.4. The van der Waals surface area contributed by atoms with Crippen LogP contribution < -0.4 is 10.0 Å². The fourth-order valence-electron chi connectivity index (χ4n) is 2.32. The fraction of sp³-hybridized carbons (Fsp3) is 0. The molecule has 3 rings (SSSR count). The number of benzene rings is 3. The lowest BCUT2D eigenvalue weighted by Gasteiger charge is -2.11. The number of halogens is 3. The first-order valence-corrected chi connectivity index (χ1v) is 10.1. The highest BCUT2D eigenvalue weighted by molar-refractivity contribution is 7.92. The van der Waals surface area contributed by atoms with Crippen molar-refractivity contribution in [3.05, 3.63) is 88.2 Å². The second-order valence-corrected chi connectivity index (χ2v) is 8.24. The van der Waals surface area contributed by atoms with E-state index in [1.807, 2.05) is 0 Å². The molecule has 2 N–H and O–H groups in total. The van der Waals surface area contributed by atoms with E-state index in [0.717, 1.165) is 12.1 Å². The van der Waals surface area contributed by atoms with Crippen LogP contribution in [0.15, 0.2) is 71.6 Å². The van der Waals surface area contributed by atoms with Crippen LogP contribution in [0.1, 0.15) is 10.4 Å². The van der Waals surface area contributed by atoms with Gasteiger partial charge in [-0.05, 0) is 60.7 Å². The summed E-state index contributed by atoms with van der Waals surface area (Å²) in [6, 6.07) is 14.9. The van der Waals surface area contributed by atoms with Crippen LogP contribution in [0, 0.1) is 5.82 Å². The average Bonchev–Trinajstić information content (AvgIpc) is 2.66. The van der Waals surface area contributed by atoms with E-state index < -0.39 is 21.7 Å². The molecule has 1 amide bonds. The number of hydrogen-bond donors (Lipinski definition) is 2. The lowest BCUT2D eigenvalue weighted by Crippen LogP contribution is -2.16. The van der Waals surface area contributed by atoms with Gasteiger partial charge < -0.3 is 5.32 Å². The normalized spacial score (nSPS) is 11.1. The van der Waals surface area contributed by atoms with E-state index in [0.29, 0.717) is 15.7 Å². The molecule has 0 aliphatic rings. The molecule has 0 aliphatic carbocycles. The quantitative estimate of drug-likeness (QED) is 0.575.